The van der Waals surface area contributed by atoms with Gasteiger partial charge in [-0.3, -0.25) is 0 Å². The molecular weight excluding hydrogens is 376 g/mol. The van der Waals surface area contributed by atoms with Gasteiger partial charge in [0.25, 0.3) is 0 Å². The zero-order chi connectivity index (χ0) is 2.00. The van der Waals surface area contributed by atoms with Crippen LogP contribution in [-0.2, 0) is 41.8 Å². The predicted octanol–water partition coefficient (Wildman–Crippen LogP) is -1.96. The van der Waals surface area contributed by atoms with Crippen LogP contribution in [0.1, 0.15) is 0 Å². The molecule has 5 heteroatoms. The molecule has 20 valence electrons. The molecule has 0 aromatic rings. The van der Waals surface area contributed by atoms with Crippen LogP contribution in [0.5, 0.6) is 0 Å². The zero-order valence-corrected chi connectivity index (χ0v) is 12.5. The van der Waals surface area contributed by atoms with E-state index in [4.69, 9.17) is 2.85 Å². The summed E-state index contributed by atoms with van der Waals surface area (Å²) in [4.78, 5) is 0. The molecule has 0 amide bonds. The summed E-state index contributed by atoms with van der Waals surface area (Å²) in [5.74, 6) is 0. The van der Waals surface area contributed by atoms with Gasteiger partial charge in [-0.1, -0.05) is 0 Å². The molecule has 0 fully saturated rings. The Morgan fingerprint density at radius 1 is 1.00 bits per heavy atom. The van der Waals surface area contributed by atoms with Gasteiger partial charge in [-0.15, -0.1) is 0 Å². The molecule has 0 aliphatic heterocycles. The fraction of sp³-hybridized carbons (Fsp3) is 0. The van der Waals surface area contributed by atoms with Crippen molar-refractivity contribution in [2.45, 2.75) is 0 Å². The Hall–Kier alpha value is 2.79. The molecule has 0 bridgehead atoms. The van der Waals surface area contributed by atoms with Crippen LogP contribution in [0.4, 0.5) is 0 Å². The minimum atomic E-state index is -0.1000. The topological polar surface area (TPSA) is 17.1 Å². The normalized spacial score (nSPS) is 0.600. The number of hydrogen-bond acceptors (Lipinski definition) is 1. The Kier molecular flexibility index (Phi) is 146. The van der Waals surface area contributed by atoms with Gasteiger partial charge >= 0.3 is 53.1 Å². The summed E-state index contributed by atoms with van der Waals surface area (Å²) in [5.41, 5.74) is 0. The van der Waals surface area contributed by atoms with Gasteiger partial charge in [-0.25, -0.2) is 0 Å². The molecule has 0 spiro atoms. The Balaban J connectivity index is -0.00000000167. The van der Waals surface area contributed by atoms with Crippen molar-refractivity contribution >= 4 is 50.2 Å². The molecule has 1 nitrogen and oxygen atoms in total. The molecule has 0 aliphatic rings. The maximum Gasteiger partial charge on any atom is 0 e. The Morgan fingerprint density at radius 2 is 1.00 bits per heavy atom. The second-order valence-corrected chi connectivity index (χ2v) is 0. The van der Waals surface area contributed by atoms with Crippen molar-refractivity contribution in [2.75, 3.05) is 0 Å². The molecule has 0 rings (SSSR count). The summed E-state index contributed by atoms with van der Waals surface area (Å²) in [6.45, 7) is 0. The van der Waals surface area contributed by atoms with E-state index < -0.39 is 0 Å². The Morgan fingerprint density at radius 3 is 1.00 bits per heavy atom. The standard InChI is InChI=1S/2In.O.2Zn.4H. The summed E-state index contributed by atoms with van der Waals surface area (Å²) in [5, 5.41) is 0. The summed E-state index contributed by atoms with van der Waals surface area (Å²) in [7, 11) is 0. The van der Waals surface area contributed by atoms with E-state index in [0.717, 1.165) is 0 Å². The van der Waals surface area contributed by atoms with Gasteiger partial charge in [0.15, 0.2) is 0 Å². The second kappa shape index (κ2) is 29.3. The monoisotopic (exact) mass is 378 g/mol. The molecule has 0 aliphatic carbocycles. The average molecular weight is 380 g/mol. The maximum absolute atomic E-state index is 8.42. The first kappa shape index (κ1) is 25.0. The first-order valence-corrected chi connectivity index (χ1v) is 1.94. The van der Waals surface area contributed by atoms with Crippen LogP contribution in [0.2, 0.25) is 0 Å². The summed E-state index contributed by atoms with van der Waals surface area (Å²) < 4.78 is 8.42. The largest absolute Gasteiger partial charge is 0 e. The minimum Gasteiger partial charge on any atom is 0 e. The third kappa shape index (κ3) is 20.0. The van der Waals surface area contributed by atoms with Gasteiger partial charge < -0.3 is 0 Å². The molecule has 0 radical (unpaired) electrons. The van der Waals surface area contributed by atoms with E-state index in [0.29, 0.717) is 0 Å². The predicted molar refractivity (Wildman–Crippen MR) is 17.8 cm³/mol. The van der Waals surface area contributed by atoms with Crippen LogP contribution in [0.3, 0.4) is 0 Å². The quantitative estimate of drug-likeness (QED) is 0.447. The molecule has 0 aromatic carbocycles. The summed E-state index contributed by atoms with van der Waals surface area (Å²) >= 11 is -0.1000. The molecular formula is H4In2OZn2. The first-order valence-electron chi connectivity index (χ1n) is 0.289. The summed E-state index contributed by atoms with van der Waals surface area (Å²) in [6.07, 6.45) is 0. The molecule has 0 aromatic heterocycles. The van der Waals surface area contributed by atoms with E-state index in [9.17, 15) is 0 Å². The van der Waals surface area contributed by atoms with E-state index in [1.54, 1.807) is 0 Å². The number of hydrogen-bond donors (Lipinski definition) is 0. The van der Waals surface area contributed by atoms with Crippen LogP contribution in [-0.4, -0.2) is 50.2 Å². The smallest absolute Gasteiger partial charge is 0 e. The number of rotatable bonds is 0. The van der Waals surface area contributed by atoms with E-state index in [-0.39, 0.29) is 89.2 Å². The molecule has 0 heterocycles. The van der Waals surface area contributed by atoms with Crippen LogP contribution in [0, 0.1) is 0 Å². The Labute approximate surface area is 90.3 Å². The van der Waals surface area contributed by atoms with Gasteiger partial charge in [0.1, 0.15) is 0 Å². The van der Waals surface area contributed by atoms with Gasteiger partial charge in [-0.05, 0) is 0 Å². The van der Waals surface area contributed by atoms with Crippen LogP contribution in [0.15, 0.2) is 0 Å². The first-order chi connectivity index (χ1) is 1.00. The SMILES string of the molecule is [InH3].[O]=[InH].[Zn].[Zn]. The van der Waals surface area contributed by atoms with Gasteiger partial charge in [-0.2, -0.15) is 0 Å². The maximum atomic E-state index is 8.42. The second-order valence-electron chi connectivity index (χ2n) is 0. The molecule has 0 saturated heterocycles. The van der Waals surface area contributed by atoms with Crippen molar-refractivity contribution in [3.05, 3.63) is 0 Å². The van der Waals surface area contributed by atoms with E-state index in [2.05, 4.69) is 0 Å². The van der Waals surface area contributed by atoms with Crippen molar-refractivity contribution in [3.63, 3.8) is 0 Å². The van der Waals surface area contributed by atoms with E-state index in [1.165, 1.54) is 0 Å². The molecule has 0 N–H and O–H groups in total. The van der Waals surface area contributed by atoms with Crippen LogP contribution >= 0.6 is 0 Å². The van der Waals surface area contributed by atoms with E-state index in [1.807, 2.05) is 0 Å². The van der Waals surface area contributed by atoms with Crippen molar-refractivity contribution in [2.24, 2.45) is 0 Å². The third-order valence-corrected chi connectivity index (χ3v) is 0. The summed E-state index contributed by atoms with van der Waals surface area (Å²) in [6, 6.07) is 0. The molecule has 0 saturated carbocycles. The fourth-order valence-electron chi connectivity index (χ4n) is 0. The average Bonchev–Trinajstić information content (AvgIpc) is 1.00. The minimum absolute atomic E-state index is 0. The van der Waals surface area contributed by atoms with Crippen molar-refractivity contribution in [3.8, 4) is 0 Å². The third-order valence-electron chi connectivity index (χ3n) is 0. The van der Waals surface area contributed by atoms with Crippen molar-refractivity contribution in [1.82, 2.24) is 0 Å². The zero-order valence-electron chi connectivity index (χ0n) is 2.53. The van der Waals surface area contributed by atoms with Gasteiger partial charge in [0.2, 0.25) is 0 Å². The molecule has 0 atom stereocenters. The van der Waals surface area contributed by atoms with Crippen LogP contribution < -0.4 is 0 Å². The van der Waals surface area contributed by atoms with Crippen molar-refractivity contribution < 1.29 is 41.8 Å². The van der Waals surface area contributed by atoms with Crippen molar-refractivity contribution in [1.29, 1.82) is 0 Å². The van der Waals surface area contributed by atoms with Gasteiger partial charge in [0, 0.05) is 39.0 Å². The van der Waals surface area contributed by atoms with Gasteiger partial charge in [0.05, 0.1) is 0 Å². The molecule has 0 unspecified atom stereocenters. The molecule has 5 heavy (non-hydrogen) atoms. The fourth-order valence-corrected chi connectivity index (χ4v) is 0. The Bertz CT molecular complexity index is 7.61. The van der Waals surface area contributed by atoms with Crippen LogP contribution in [0.25, 0.3) is 0 Å². The van der Waals surface area contributed by atoms with E-state index >= 15 is 0 Å².